The van der Waals surface area contributed by atoms with E-state index >= 15 is 0 Å². The second-order valence-electron chi connectivity index (χ2n) is 6.90. The number of benzene rings is 1. The minimum Gasteiger partial charge on any atom is -0.366 e. The van der Waals surface area contributed by atoms with Crippen molar-refractivity contribution < 1.29 is 32.6 Å². The van der Waals surface area contributed by atoms with Gasteiger partial charge in [0.15, 0.2) is 6.29 Å². The normalized spacial score (nSPS) is 21.1. The maximum atomic E-state index is 12.6. The number of ether oxygens (including phenoxy) is 1. The molecular formula is C18H23F3N2O4. The number of carbonyl (C=O) groups excluding carboxylic acids is 2. The van der Waals surface area contributed by atoms with E-state index in [9.17, 15) is 27.9 Å². The number of rotatable bonds is 6. The average molecular weight is 388 g/mol. The Labute approximate surface area is 155 Å². The largest absolute Gasteiger partial charge is 0.416 e. The molecule has 3 N–H and O–H groups in total. The minimum atomic E-state index is -4.49. The lowest BCUT2D eigenvalue weighted by Crippen LogP contribution is -2.51. The molecule has 1 aromatic carbocycles. The highest BCUT2D eigenvalue weighted by Gasteiger charge is 2.32. The summed E-state index contributed by atoms with van der Waals surface area (Å²) in [6.07, 6.45) is -4.80. The van der Waals surface area contributed by atoms with Crippen LogP contribution in [0.1, 0.15) is 42.6 Å². The van der Waals surface area contributed by atoms with Crippen LogP contribution in [-0.2, 0) is 15.7 Å². The smallest absolute Gasteiger partial charge is 0.366 e. The van der Waals surface area contributed by atoms with E-state index in [1.807, 2.05) is 13.8 Å². The number of carbonyl (C=O) groups is 2. The number of aliphatic hydroxyl groups excluding tert-OH is 1. The highest BCUT2D eigenvalue weighted by atomic mass is 19.4. The van der Waals surface area contributed by atoms with Crippen LogP contribution >= 0.6 is 0 Å². The number of amides is 2. The molecule has 1 heterocycles. The first-order valence-corrected chi connectivity index (χ1v) is 8.66. The zero-order chi connectivity index (χ0) is 20.2. The summed E-state index contributed by atoms with van der Waals surface area (Å²) >= 11 is 0. The van der Waals surface area contributed by atoms with Gasteiger partial charge in [-0.3, -0.25) is 9.59 Å². The van der Waals surface area contributed by atoms with Gasteiger partial charge in [-0.2, -0.15) is 13.2 Å². The molecule has 1 saturated heterocycles. The second-order valence-corrected chi connectivity index (χ2v) is 6.90. The van der Waals surface area contributed by atoms with Crippen LogP contribution in [0.15, 0.2) is 24.3 Å². The first-order valence-electron chi connectivity index (χ1n) is 8.66. The van der Waals surface area contributed by atoms with Crippen molar-refractivity contribution in [3.8, 4) is 0 Å². The molecule has 0 bridgehead atoms. The van der Waals surface area contributed by atoms with Crippen LogP contribution in [0.2, 0.25) is 0 Å². The fourth-order valence-electron chi connectivity index (χ4n) is 2.76. The molecule has 2 rings (SSSR count). The maximum absolute atomic E-state index is 12.6. The monoisotopic (exact) mass is 388 g/mol. The van der Waals surface area contributed by atoms with Crippen molar-refractivity contribution in [2.45, 2.75) is 51.2 Å². The topological polar surface area (TPSA) is 87.7 Å². The van der Waals surface area contributed by atoms with Gasteiger partial charge in [0, 0.05) is 5.56 Å². The first kappa shape index (κ1) is 21.2. The number of hydrogen-bond acceptors (Lipinski definition) is 4. The molecule has 150 valence electrons. The number of halogens is 3. The van der Waals surface area contributed by atoms with Crippen LogP contribution in [0.25, 0.3) is 0 Å². The van der Waals surface area contributed by atoms with E-state index in [1.165, 1.54) is 0 Å². The molecule has 2 amide bonds. The summed E-state index contributed by atoms with van der Waals surface area (Å²) in [5.74, 6) is -1.04. The highest BCUT2D eigenvalue weighted by molar-refractivity contribution is 5.97. The maximum Gasteiger partial charge on any atom is 0.416 e. The molecule has 0 radical (unpaired) electrons. The third kappa shape index (κ3) is 5.93. The first-order chi connectivity index (χ1) is 12.6. The Morgan fingerprint density at radius 3 is 2.37 bits per heavy atom. The van der Waals surface area contributed by atoms with Crippen LogP contribution in [0.3, 0.4) is 0 Å². The highest BCUT2D eigenvalue weighted by Crippen LogP contribution is 2.29. The van der Waals surface area contributed by atoms with E-state index in [2.05, 4.69) is 10.6 Å². The van der Waals surface area contributed by atoms with Crippen LogP contribution in [0.5, 0.6) is 0 Å². The second kappa shape index (κ2) is 8.71. The summed E-state index contributed by atoms with van der Waals surface area (Å²) in [6.45, 7) is 4.06. The van der Waals surface area contributed by atoms with Crippen molar-refractivity contribution in [3.05, 3.63) is 35.4 Å². The molecule has 1 aliphatic heterocycles. The zero-order valence-electron chi connectivity index (χ0n) is 15.0. The van der Waals surface area contributed by atoms with Crippen LogP contribution in [0.4, 0.5) is 13.2 Å². The lowest BCUT2D eigenvalue weighted by Gasteiger charge is -2.23. The van der Waals surface area contributed by atoms with Crippen LogP contribution < -0.4 is 10.6 Å². The van der Waals surface area contributed by atoms with E-state index in [-0.39, 0.29) is 11.5 Å². The standard InChI is InChI=1S/C18H23F3N2O4/c1-10(2)9-14(16(25)22-13-7-8-27-17(13)26)23-15(24)11-3-5-12(6-4-11)18(19,20)21/h3-6,10,13-14,17,26H,7-9H2,1-2H3,(H,22,25)(H,23,24). The molecule has 6 nitrogen and oxygen atoms in total. The fourth-order valence-corrected chi connectivity index (χ4v) is 2.76. The predicted molar refractivity (Wildman–Crippen MR) is 90.7 cm³/mol. The summed E-state index contributed by atoms with van der Waals surface area (Å²) in [6, 6.07) is 2.33. The summed E-state index contributed by atoms with van der Waals surface area (Å²) in [5.41, 5.74) is -0.834. The van der Waals surface area contributed by atoms with Crippen molar-refractivity contribution in [2.75, 3.05) is 6.61 Å². The van der Waals surface area contributed by atoms with Gasteiger partial charge in [-0.25, -0.2) is 0 Å². The molecular weight excluding hydrogens is 365 g/mol. The molecule has 1 aromatic rings. The number of alkyl halides is 3. The molecule has 0 spiro atoms. The fraction of sp³-hybridized carbons (Fsp3) is 0.556. The Balaban J connectivity index is 2.05. The SMILES string of the molecule is CC(C)CC(NC(=O)c1ccc(C(F)(F)F)cc1)C(=O)NC1CCOC1O. The van der Waals surface area contributed by atoms with E-state index in [0.29, 0.717) is 19.4 Å². The van der Waals surface area contributed by atoms with Gasteiger partial charge in [-0.05, 0) is 43.0 Å². The Morgan fingerprint density at radius 1 is 1.26 bits per heavy atom. The summed E-state index contributed by atoms with van der Waals surface area (Å²) in [5, 5.41) is 14.8. The molecule has 0 aromatic heterocycles. The van der Waals surface area contributed by atoms with Gasteiger partial charge in [-0.15, -0.1) is 0 Å². The predicted octanol–water partition coefficient (Wildman–Crippen LogP) is 2.07. The van der Waals surface area contributed by atoms with Gasteiger partial charge in [-0.1, -0.05) is 13.8 Å². The zero-order valence-corrected chi connectivity index (χ0v) is 15.0. The van der Waals surface area contributed by atoms with E-state index in [4.69, 9.17) is 4.74 Å². The van der Waals surface area contributed by atoms with Gasteiger partial charge in [0.25, 0.3) is 5.91 Å². The number of hydrogen-bond donors (Lipinski definition) is 3. The van der Waals surface area contributed by atoms with Crippen LogP contribution in [0, 0.1) is 5.92 Å². The molecule has 0 saturated carbocycles. The van der Waals surface area contributed by atoms with Gasteiger partial charge in [0.1, 0.15) is 6.04 Å². The van der Waals surface area contributed by atoms with Gasteiger partial charge in [0.2, 0.25) is 5.91 Å². The third-order valence-electron chi connectivity index (χ3n) is 4.19. The number of nitrogens with one attached hydrogen (secondary N) is 2. The molecule has 0 aliphatic carbocycles. The molecule has 27 heavy (non-hydrogen) atoms. The molecule has 3 atom stereocenters. The van der Waals surface area contributed by atoms with Gasteiger partial charge in [0.05, 0.1) is 18.2 Å². The molecule has 3 unspecified atom stereocenters. The van der Waals surface area contributed by atoms with E-state index in [1.54, 1.807) is 0 Å². The third-order valence-corrected chi connectivity index (χ3v) is 4.19. The molecule has 1 aliphatic rings. The van der Waals surface area contributed by atoms with Crippen molar-refractivity contribution in [2.24, 2.45) is 5.92 Å². The average Bonchev–Trinajstić information content (AvgIpc) is 2.98. The Hall–Kier alpha value is -2.13. The summed E-state index contributed by atoms with van der Waals surface area (Å²) in [7, 11) is 0. The Morgan fingerprint density at radius 2 is 1.89 bits per heavy atom. The van der Waals surface area contributed by atoms with E-state index < -0.39 is 41.9 Å². The van der Waals surface area contributed by atoms with Gasteiger partial charge < -0.3 is 20.5 Å². The van der Waals surface area contributed by atoms with Gasteiger partial charge >= 0.3 is 6.18 Å². The van der Waals surface area contributed by atoms with E-state index in [0.717, 1.165) is 24.3 Å². The number of aliphatic hydroxyl groups is 1. The van der Waals surface area contributed by atoms with Crippen molar-refractivity contribution in [1.29, 1.82) is 0 Å². The Bertz CT molecular complexity index is 662. The lowest BCUT2D eigenvalue weighted by molar-refractivity contribution is -0.137. The van der Waals surface area contributed by atoms with Crippen molar-refractivity contribution >= 4 is 11.8 Å². The van der Waals surface area contributed by atoms with Crippen molar-refractivity contribution in [1.82, 2.24) is 10.6 Å². The summed E-state index contributed by atoms with van der Waals surface area (Å²) in [4.78, 5) is 24.8. The quantitative estimate of drug-likeness (QED) is 0.696. The van der Waals surface area contributed by atoms with Crippen molar-refractivity contribution in [3.63, 3.8) is 0 Å². The minimum absolute atomic E-state index is 0.0220. The summed E-state index contributed by atoms with van der Waals surface area (Å²) < 4.78 is 42.8. The Kier molecular flexibility index (Phi) is 6.83. The lowest BCUT2D eigenvalue weighted by atomic mass is 10.0. The van der Waals surface area contributed by atoms with Crippen LogP contribution in [-0.4, -0.2) is 41.9 Å². The molecule has 1 fully saturated rings. The molecule has 9 heteroatoms.